The summed E-state index contributed by atoms with van der Waals surface area (Å²) in [5, 5.41) is 0. The highest BCUT2D eigenvalue weighted by molar-refractivity contribution is 6.01. The zero-order valence-electron chi connectivity index (χ0n) is 20.2. The van der Waals surface area contributed by atoms with Crippen molar-refractivity contribution in [3.8, 4) is 17.2 Å². The molecule has 2 heterocycles. The van der Waals surface area contributed by atoms with Crippen molar-refractivity contribution in [2.24, 2.45) is 5.92 Å². The lowest BCUT2D eigenvalue weighted by atomic mass is 9.83. The van der Waals surface area contributed by atoms with E-state index in [1.807, 2.05) is 73.3 Å². The summed E-state index contributed by atoms with van der Waals surface area (Å²) in [6, 6.07) is 23.2. The molecule has 5 rings (SSSR count). The third kappa shape index (κ3) is 4.33. The fourth-order valence-corrected chi connectivity index (χ4v) is 5.21. The summed E-state index contributed by atoms with van der Waals surface area (Å²) in [6.07, 6.45) is 0. The monoisotopic (exact) mass is 473 g/mol. The summed E-state index contributed by atoms with van der Waals surface area (Å²) < 4.78 is 16.8. The zero-order chi connectivity index (χ0) is 24.4. The Morgan fingerprint density at radius 3 is 2.03 bits per heavy atom. The van der Waals surface area contributed by atoms with E-state index < -0.39 is 0 Å². The van der Waals surface area contributed by atoms with Gasteiger partial charge in [0.1, 0.15) is 23.3 Å². The van der Waals surface area contributed by atoms with Gasteiger partial charge in [0.2, 0.25) is 5.91 Å². The van der Waals surface area contributed by atoms with E-state index in [-0.39, 0.29) is 30.0 Å². The van der Waals surface area contributed by atoms with Gasteiger partial charge in [0, 0.05) is 11.6 Å². The summed E-state index contributed by atoms with van der Waals surface area (Å²) in [5.74, 6) is 2.38. The Kier molecular flexibility index (Phi) is 6.61. The Morgan fingerprint density at radius 2 is 1.40 bits per heavy atom. The second-order valence-electron chi connectivity index (χ2n) is 8.68. The van der Waals surface area contributed by atoms with E-state index in [1.165, 1.54) is 0 Å². The molecular weight excluding hydrogens is 442 g/mol. The minimum atomic E-state index is -0.366. The smallest absolute Gasteiger partial charge is 0.246 e. The number of ether oxygens (including phenoxy) is 3. The van der Waals surface area contributed by atoms with Gasteiger partial charge in [0.05, 0.1) is 32.4 Å². The summed E-state index contributed by atoms with van der Waals surface area (Å²) in [4.78, 5) is 15.7. The van der Waals surface area contributed by atoms with Crippen molar-refractivity contribution < 1.29 is 19.0 Å². The van der Waals surface area contributed by atoms with Gasteiger partial charge in [-0.1, -0.05) is 24.3 Å². The standard InChI is InChI=1S/C28H31N3O4/c1-4-34-21-13-9-18(10-14-21)25-24-26(30-29-25)28(32)31(20-11-15-22(16-12-20)35-5-2)27(24)19-7-6-8-23(17-19)33-3/h6-17,24-27,29-30H,4-5H2,1-3H3. The Bertz CT molecular complexity index is 1170. The van der Waals surface area contributed by atoms with Crippen LogP contribution in [0.5, 0.6) is 17.2 Å². The third-order valence-electron chi connectivity index (χ3n) is 6.72. The number of methoxy groups -OCH3 is 1. The molecule has 2 aliphatic heterocycles. The second kappa shape index (κ2) is 9.98. The highest BCUT2D eigenvalue weighted by Crippen LogP contribution is 2.49. The number of carbonyl (C=O) groups excluding carboxylic acids is 1. The number of hydrogen-bond donors (Lipinski definition) is 2. The Hall–Kier alpha value is -3.55. The number of hydrazine groups is 1. The van der Waals surface area contributed by atoms with Crippen molar-refractivity contribution in [2.75, 3.05) is 25.2 Å². The molecule has 0 aromatic heterocycles. The van der Waals surface area contributed by atoms with Crippen LogP contribution in [0.1, 0.15) is 37.1 Å². The molecule has 7 heteroatoms. The van der Waals surface area contributed by atoms with Crippen LogP contribution in [0.2, 0.25) is 0 Å². The molecule has 4 atom stereocenters. The molecule has 0 radical (unpaired) electrons. The Morgan fingerprint density at radius 1 is 0.771 bits per heavy atom. The van der Waals surface area contributed by atoms with Crippen molar-refractivity contribution in [3.05, 3.63) is 83.9 Å². The summed E-state index contributed by atoms with van der Waals surface area (Å²) in [7, 11) is 1.66. The third-order valence-corrected chi connectivity index (χ3v) is 6.72. The van der Waals surface area contributed by atoms with Gasteiger partial charge in [-0.3, -0.25) is 4.79 Å². The first-order valence-corrected chi connectivity index (χ1v) is 12.1. The van der Waals surface area contributed by atoms with Crippen LogP contribution in [0.3, 0.4) is 0 Å². The fraction of sp³-hybridized carbons (Fsp3) is 0.321. The lowest BCUT2D eigenvalue weighted by Gasteiger charge is -2.31. The van der Waals surface area contributed by atoms with Crippen molar-refractivity contribution in [1.82, 2.24) is 10.9 Å². The summed E-state index contributed by atoms with van der Waals surface area (Å²) in [5.41, 5.74) is 9.65. The van der Waals surface area contributed by atoms with Crippen LogP contribution in [0.25, 0.3) is 0 Å². The quantitative estimate of drug-likeness (QED) is 0.505. The number of hydrogen-bond acceptors (Lipinski definition) is 6. The molecule has 2 N–H and O–H groups in total. The molecule has 1 amide bonds. The maximum absolute atomic E-state index is 13.8. The predicted molar refractivity (Wildman–Crippen MR) is 135 cm³/mol. The minimum absolute atomic E-state index is 0.0351. The highest BCUT2D eigenvalue weighted by Gasteiger charge is 2.56. The van der Waals surface area contributed by atoms with Gasteiger partial charge in [-0.2, -0.15) is 0 Å². The largest absolute Gasteiger partial charge is 0.497 e. The van der Waals surface area contributed by atoms with Crippen LogP contribution in [-0.4, -0.2) is 32.3 Å². The maximum atomic E-state index is 13.8. The molecular formula is C28H31N3O4. The van der Waals surface area contributed by atoms with Crippen LogP contribution in [-0.2, 0) is 4.79 Å². The number of fused-ring (bicyclic) bond motifs is 1. The molecule has 0 saturated carbocycles. The number of nitrogens with one attached hydrogen (secondary N) is 2. The van der Waals surface area contributed by atoms with E-state index in [1.54, 1.807) is 7.11 Å². The van der Waals surface area contributed by atoms with E-state index in [9.17, 15) is 4.79 Å². The average Bonchev–Trinajstić information content (AvgIpc) is 3.44. The zero-order valence-corrected chi connectivity index (χ0v) is 20.2. The van der Waals surface area contributed by atoms with Gasteiger partial charge >= 0.3 is 0 Å². The normalized spacial score (nSPS) is 23.3. The molecule has 0 spiro atoms. The molecule has 2 fully saturated rings. The molecule has 35 heavy (non-hydrogen) atoms. The van der Waals surface area contributed by atoms with Gasteiger partial charge in [-0.05, 0) is 73.5 Å². The number of anilines is 1. The molecule has 0 aliphatic carbocycles. The van der Waals surface area contributed by atoms with Crippen LogP contribution >= 0.6 is 0 Å². The van der Waals surface area contributed by atoms with E-state index in [4.69, 9.17) is 14.2 Å². The molecule has 4 unspecified atom stereocenters. The summed E-state index contributed by atoms with van der Waals surface area (Å²) >= 11 is 0. The fourth-order valence-electron chi connectivity index (χ4n) is 5.21. The van der Waals surface area contributed by atoms with E-state index in [0.717, 1.165) is 34.1 Å². The van der Waals surface area contributed by atoms with Crippen LogP contribution in [0.4, 0.5) is 5.69 Å². The number of carbonyl (C=O) groups is 1. The van der Waals surface area contributed by atoms with Gasteiger partial charge in [0.15, 0.2) is 0 Å². The molecule has 2 aliphatic rings. The number of benzene rings is 3. The first-order valence-electron chi connectivity index (χ1n) is 12.1. The van der Waals surface area contributed by atoms with E-state index >= 15 is 0 Å². The summed E-state index contributed by atoms with van der Waals surface area (Å²) in [6.45, 7) is 5.14. The minimum Gasteiger partial charge on any atom is -0.497 e. The topological polar surface area (TPSA) is 72.1 Å². The van der Waals surface area contributed by atoms with Crippen LogP contribution < -0.4 is 30.0 Å². The average molecular weight is 474 g/mol. The number of rotatable bonds is 8. The molecule has 3 aromatic carbocycles. The lowest BCUT2D eigenvalue weighted by molar-refractivity contribution is -0.119. The van der Waals surface area contributed by atoms with Crippen molar-refractivity contribution >= 4 is 11.6 Å². The predicted octanol–water partition coefficient (Wildman–Crippen LogP) is 4.41. The Labute approximate surface area is 206 Å². The number of amides is 1. The van der Waals surface area contributed by atoms with Gasteiger partial charge in [-0.25, -0.2) is 10.9 Å². The highest BCUT2D eigenvalue weighted by atomic mass is 16.5. The van der Waals surface area contributed by atoms with Gasteiger partial charge in [0.25, 0.3) is 0 Å². The van der Waals surface area contributed by atoms with E-state index in [2.05, 4.69) is 29.1 Å². The van der Waals surface area contributed by atoms with E-state index in [0.29, 0.717) is 13.2 Å². The second-order valence-corrected chi connectivity index (χ2v) is 8.68. The van der Waals surface area contributed by atoms with Crippen molar-refractivity contribution in [2.45, 2.75) is 32.0 Å². The first kappa shape index (κ1) is 23.2. The SMILES string of the molecule is CCOc1ccc(C2NNC3C(=O)N(c4ccc(OCC)cc4)C(c4cccc(OC)c4)C32)cc1. The van der Waals surface area contributed by atoms with Crippen LogP contribution in [0, 0.1) is 5.92 Å². The van der Waals surface area contributed by atoms with Crippen molar-refractivity contribution in [1.29, 1.82) is 0 Å². The lowest BCUT2D eigenvalue weighted by Crippen LogP contribution is -2.41. The van der Waals surface area contributed by atoms with Gasteiger partial charge in [-0.15, -0.1) is 0 Å². The molecule has 7 nitrogen and oxygen atoms in total. The molecule has 182 valence electrons. The maximum Gasteiger partial charge on any atom is 0.246 e. The van der Waals surface area contributed by atoms with Crippen LogP contribution in [0.15, 0.2) is 72.8 Å². The first-order chi connectivity index (χ1) is 17.1. The van der Waals surface area contributed by atoms with Crippen molar-refractivity contribution in [3.63, 3.8) is 0 Å². The van der Waals surface area contributed by atoms with Gasteiger partial charge < -0.3 is 19.1 Å². The molecule has 3 aromatic rings. The molecule has 2 saturated heterocycles. The molecule has 0 bridgehead atoms. The number of nitrogens with zero attached hydrogens (tertiary/aromatic N) is 1. The Balaban J connectivity index is 1.56.